The molecule has 0 bridgehead atoms. The fourth-order valence-corrected chi connectivity index (χ4v) is 4.08. The molecule has 0 saturated heterocycles. The molecule has 0 aliphatic carbocycles. The van der Waals surface area contributed by atoms with Crippen molar-refractivity contribution in [3.05, 3.63) is 24.4 Å². The molecule has 0 aliphatic rings. The van der Waals surface area contributed by atoms with Gasteiger partial charge in [0.2, 0.25) is 0 Å². The van der Waals surface area contributed by atoms with E-state index in [0.717, 1.165) is 11.3 Å². The van der Waals surface area contributed by atoms with Crippen LogP contribution >= 0.6 is 0 Å². The molecule has 0 unspecified atom stereocenters. The van der Waals surface area contributed by atoms with Crippen LogP contribution in [0.1, 0.15) is 5.56 Å². The van der Waals surface area contributed by atoms with Crippen LogP contribution in [0.4, 0.5) is 5.69 Å². The molecule has 74 valence electrons. The predicted octanol–water partition coefficient (Wildman–Crippen LogP) is 2.60. The third kappa shape index (κ3) is 2.44. The standard InChI is InChI=1S/C8H7N2.3CH3.Sn/c1-3-7-6-10-5-4-8(7)9-2;;;;/h3-4,6H,1-2H2;3*1H3;. The van der Waals surface area contributed by atoms with Crippen molar-refractivity contribution in [3.63, 3.8) is 0 Å². The van der Waals surface area contributed by atoms with E-state index in [1.807, 2.05) is 6.20 Å². The van der Waals surface area contributed by atoms with E-state index in [0.29, 0.717) is 0 Å². The van der Waals surface area contributed by atoms with Gasteiger partial charge in [-0.1, -0.05) is 0 Å². The molecule has 0 saturated carbocycles. The van der Waals surface area contributed by atoms with E-state index < -0.39 is 18.4 Å². The summed E-state index contributed by atoms with van der Waals surface area (Å²) >= 11 is -2.06. The number of aromatic nitrogens is 1. The molecule has 0 radical (unpaired) electrons. The molecule has 1 aromatic rings. The Kier molecular flexibility index (Phi) is 3.47. The van der Waals surface area contributed by atoms with Crippen molar-refractivity contribution in [2.45, 2.75) is 14.8 Å². The van der Waals surface area contributed by atoms with Crippen molar-refractivity contribution >= 4 is 40.6 Å². The molecule has 0 fully saturated rings. The van der Waals surface area contributed by atoms with E-state index in [9.17, 15) is 0 Å². The molecule has 1 rings (SSSR count). The molecule has 0 spiro atoms. The van der Waals surface area contributed by atoms with Gasteiger partial charge in [0.15, 0.2) is 0 Å². The van der Waals surface area contributed by atoms with Crippen LogP contribution in [0.2, 0.25) is 14.8 Å². The first-order valence-electron chi connectivity index (χ1n) is 4.58. The number of nitrogens with zero attached hydrogens (tertiary/aromatic N) is 2. The minimum absolute atomic E-state index is 0.900. The van der Waals surface area contributed by atoms with Crippen molar-refractivity contribution in [1.29, 1.82) is 0 Å². The summed E-state index contributed by atoms with van der Waals surface area (Å²) in [4.78, 5) is 15.4. The maximum absolute atomic E-state index is 4.46. The van der Waals surface area contributed by atoms with Gasteiger partial charge in [0.25, 0.3) is 0 Å². The molecule has 0 N–H and O–H groups in total. The first-order valence-corrected chi connectivity index (χ1v) is 14.6. The number of rotatable bonds is 3. The Morgan fingerprint density at radius 2 is 2.07 bits per heavy atom. The van der Waals surface area contributed by atoms with Crippen LogP contribution in [0, 0.1) is 0 Å². The predicted molar refractivity (Wildman–Crippen MR) is 66.5 cm³/mol. The van der Waals surface area contributed by atoms with Gasteiger partial charge in [-0.15, -0.1) is 0 Å². The number of hydrogen-bond donors (Lipinski definition) is 0. The summed E-state index contributed by atoms with van der Waals surface area (Å²) in [7, 11) is 0. The molecule has 0 aromatic carbocycles. The van der Waals surface area contributed by atoms with E-state index in [1.165, 1.54) is 3.71 Å². The van der Waals surface area contributed by atoms with Gasteiger partial charge >= 0.3 is 89.8 Å². The summed E-state index contributed by atoms with van der Waals surface area (Å²) in [6.07, 6.45) is 3.60. The topological polar surface area (TPSA) is 25.2 Å². The normalized spacial score (nSPS) is 11.1. The molecule has 0 atom stereocenters. The quantitative estimate of drug-likeness (QED) is 0.621. The third-order valence-corrected chi connectivity index (χ3v) is 7.24. The van der Waals surface area contributed by atoms with Gasteiger partial charge < -0.3 is 0 Å². The second kappa shape index (κ2) is 4.25. The zero-order chi connectivity index (χ0) is 10.8. The molecule has 1 aromatic heterocycles. The molecule has 0 aliphatic heterocycles. The summed E-state index contributed by atoms with van der Waals surface area (Å²) in [5, 5.41) is 0. The van der Waals surface area contributed by atoms with E-state index in [1.54, 1.807) is 6.08 Å². The van der Waals surface area contributed by atoms with Crippen LogP contribution in [0.5, 0.6) is 0 Å². The Labute approximate surface area is 89.7 Å². The molecule has 14 heavy (non-hydrogen) atoms. The van der Waals surface area contributed by atoms with Crippen molar-refractivity contribution in [2.75, 3.05) is 0 Å². The van der Waals surface area contributed by atoms with Gasteiger partial charge in [-0.05, 0) is 0 Å². The van der Waals surface area contributed by atoms with E-state index in [2.05, 4.69) is 44.2 Å². The summed E-state index contributed by atoms with van der Waals surface area (Å²) in [6, 6.07) is 2.06. The first-order chi connectivity index (χ1) is 6.49. The maximum atomic E-state index is 4.46. The third-order valence-electron chi connectivity index (χ3n) is 2.07. The Balaban J connectivity index is 3.27. The zero-order valence-electron chi connectivity index (χ0n) is 9.04. The van der Waals surface area contributed by atoms with Gasteiger partial charge in [-0.3, -0.25) is 0 Å². The van der Waals surface area contributed by atoms with Crippen LogP contribution in [0.15, 0.2) is 23.8 Å². The summed E-state index contributed by atoms with van der Waals surface area (Å²) in [5.41, 5.74) is 1.86. The van der Waals surface area contributed by atoms with Crippen LogP contribution in [0.3, 0.4) is 0 Å². The summed E-state index contributed by atoms with van der Waals surface area (Å²) in [6.45, 7) is 7.28. The van der Waals surface area contributed by atoms with Crippen molar-refractivity contribution in [2.24, 2.45) is 4.99 Å². The van der Waals surface area contributed by atoms with Gasteiger partial charge in [0, 0.05) is 0 Å². The Morgan fingerprint density at radius 3 is 2.50 bits per heavy atom. The minimum atomic E-state index is -2.06. The van der Waals surface area contributed by atoms with Crippen LogP contribution < -0.4 is 3.71 Å². The average molecular weight is 295 g/mol. The van der Waals surface area contributed by atoms with Gasteiger partial charge in [-0.25, -0.2) is 0 Å². The van der Waals surface area contributed by atoms with E-state index in [4.69, 9.17) is 0 Å². The monoisotopic (exact) mass is 296 g/mol. The fourth-order valence-electron chi connectivity index (χ4n) is 1.16. The van der Waals surface area contributed by atoms with E-state index >= 15 is 0 Å². The second-order valence-electron chi connectivity index (χ2n) is 4.24. The van der Waals surface area contributed by atoms with Gasteiger partial charge in [0.05, 0.1) is 0 Å². The Bertz CT molecular complexity index is 364. The molecule has 3 heteroatoms. The first kappa shape index (κ1) is 11.4. The van der Waals surface area contributed by atoms with Crippen molar-refractivity contribution in [1.82, 2.24) is 4.98 Å². The molecule has 2 nitrogen and oxygen atoms in total. The number of hydrogen-bond acceptors (Lipinski definition) is 2. The summed E-state index contributed by atoms with van der Waals surface area (Å²) < 4.78 is 1.23. The number of pyridine rings is 1. The number of aliphatic imine (C=N–C) groups is 1. The Morgan fingerprint density at radius 1 is 1.43 bits per heavy atom. The SMILES string of the molecule is C=Cc1cn[c]([Sn]([CH3])([CH3])[CH3])cc1N=C. The van der Waals surface area contributed by atoms with Crippen LogP contribution in [-0.2, 0) is 0 Å². The molecule has 1 heterocycles. The van der Waals surface area contributed by atoms with Crippen molar-refractivity contribution in [3.8, 4) is 0 Å². The zero-order valence-corrected chi connectivity index (χ0v) is 11.9. The van der Waals surface area contributed by atoms with Gasteiger partial charge in [0.1, 0.15) is 0 Å². The van der Waals surface area contributed by atoms with Crippen LogP contribution in [-0.4, -0.2) is 30.1 Å². The second-order valence-corrected chi connectivity index (χ2v) is 18.5. The molecular formula is C11H16N2Sn. The van der Waals surface area contributed by atoms with Crippen LogP contribution in [0.25, 0.3) is 6.08 Å². The fraction of sp³-hybridized carbons (Fsp3) is 0.273. The van der Waals surface area contributed by atoms with Gasteiger partial charge in [-0.2, -0.15) is 0 Å². The average Bonchev–Trinajstić information content (AvgIpc) is 2.15. The van der Waals surface area contributed by atoms with E-state index in [-0.39, 0.29) is 0 Å². The molecular weight excluding hydrogens is 279 g/mol. The Hall–Kier alpha value is -0.641. The summed E-state index contributed by atoms with van der Waals surface area (Å²) in [5.74, 6) is 0. The molecule has 0 amide bonds. The van der Waals surface area contributed by atoms with Crippen molar-refractivity contribution < 1.29 is 0 Å².